The smallest absolute Gasteiger partial charge is 0.253 e. The summed E-state index contributed by atoms with van der Waals surface area (Å²) in [6, 6.07) is 5.78. The Morgan fingerprint density at radius 1 is 1.33 bits per heavy atom. The maximum atomic E-state index is 12.6. The maximum absolute atomic E-state index is 12.6. The molecule has 2 N–H and O–H groups in total. The molecule has 0 radical (unpaired) electrons. The minimum Gasteiger partial charge on any atom is -0.341 e. The summed E-state index contributed by atoms with van der Waals surface area (Å²) in [6.45, 7) is 3.18. The van der Waals surface area contributed by atoms with Gasteiger partial charge in [-0.05, 0) is 49.4 Å². The van der Waals surface area contributed by atoms with Gasteiger partial charge in [0.15, 0.2) is 0 Å². The molecule has 112 valence electrons. The Labute approximate surface area is 127 Å². The fraction of sp³-hybridized carbons (Fsp3) is 0.500. The largest absolute Gasteiger partial charge is 0.341 e. The van der Waals surface area contributed by atoms with E-state index in [9.17, 15) is 4.79 Å². The van der Waals surface area contributed by atoms with E-state index in [1.807, 2.05) is 37.1 Å². The fourth-order valence-corrected chi connectivity index (χ4v) is 3.02. The number of nitrogens with zero attached hydrogens (tertiary/aromatic N) is 1. The zero-order valence-corrected chi connectivity index (χ0v) is 13.0. The van der Waals surface area contributed by atoms with Crippen LogP contribution in [-0.2, 0) is 0 Å². The van der Waals surface area contributed by atoms with E-state index in [1.165, 1.54) is 25.7 Å². The molecule has 0 saturated heterocycles. The van der Waals surface area contributed by atoms with Crippen molar-refractivity contribution in [1.29, 1.82) is 0 Å². The molecule has 0 spiro atoms. The molecular formula is C18H24N2O. The average molecular weight is 284 g/mol. The molecule has 0 atom stereocenters. The number of hydrogen-bond donors (Lipinski definition) is 1. The molecule has 1 amide bonds. The van der Waals surface area contributed by atoms with Crippen molar-refractivity contribution in [3.05, 3.63) is 34.9 Å². The molecule has 1 aromatic rings. The first-order chi connectivity index (χ1) is 10.1. The summed E-state index contributed by atoms with van der Waals surface area (Å²) in [4.78, 5) is 14.4. The lowest BCUT2D eigenvalue weighted by Crippen LogP contribution is -2.31. The molecule has 0 bridgehead atoms. The van der Waals surface area contributed by atoms with Gasteiger partial charge in [0.1, 0.15) is 0 Å². The normalized spacial score (nSPS) is 14.6. The monoisotopic (exact) mass is 284 g/mol. The van der Waals surface area contributed by atoms with E-state index in [0.717, 1.165) is 23.2 Å². The quantitative estimate of drug-likeness (QED) is 0.867. The number of carbonyl (C=O) groups excluding carboxylic acids is 1. The topological polar surface area (TPSA) is 46.3 Å². The zero-order valence-electron chi connectivity index (χ0n) is 13.0. The molecule has 1 saturated carbocycles. The molecule has 0 unspecified atom stereocenters. The Balaban J connectivity index is 2.11. The highest BCUT2D eigenvalue weighted by Crippen LogP contribution is 2.25. The zero-order chi connectivity index (χ0) is 15.2. The third-order valence-corrected chi connectivity index (χ3v) is 4.01. The summed E-state index contributed by atoms with van der Waals surface area (Å²) in [7, 11) is 1.90. The molecule has 1 aliphatic rings. The van der Waals surface area contributed by atoms with Crippen LogP contribution in [0, 0.1) is 24.7 Å². The van der Waals surface area contributed by atoms with Crippen LogP contribution >= 0.6 is 0 Å². The Morgan fingerprint density at radius 3 is 2.71 bits per heavy atom. The minimum absolute atomic E-state index is 0.0846. The first kappa shape index (κ1) is 15.6. The van der Waals surface area contributed by atoms with Gasteiger partial charge in [0.25, 0.3) is 5.91 Å². The molecule has 3 heteroatoms. The van der Waals surface area contributed by atoms with Crippen molar-refractivity contribution < 1.29 is 4.79 Å². The van der Waals surface area contributed by atoms with Crippen molar-refractivity contribution in [2.45, 2.75) is 32.6 Å². The number of rotatable bonds is 3. The first-order valence-corrected chi connectivity index (χ1v) is 7.66. The van der Waals surface area contributed by atoms with Crippen LogP contribution < -0.4 is 5.73 Å². The molecule has 3 nitrogen and oxygen atoms in total. The van der Waals surface area contributed by atoms with E-state index in [4.69, 9.17) is 5.73 Å². The maximum Gasteiger partial charge on any atom is 0.253 e. The third kappa shape index (κ3) is 4.34. The lowest BCUT2D eigenvalue weighted by atomic mass is 10.0. The van der Waals surface area contributed by atoms with E-state index < -0.39 is 0 Å². The van der Waals surface area contributed by atoms with Gasteiger partial charge in [0, 0.05) is 24.7 Å². The van der Waals surface area contributed by atoms with Crippen LogP contribution in [0.2, 0.25) is 0 Å². The van der Waals surface area contributed by atoms with Gasteiger partial charge in [-0.3, -0.25) is 4.79 Å². The Morgan fingerprint density at radius 2 is 2.05 bits per heavy atom. The van der Waals surface area contributed by atoms with Crippen LogP contribution in [-0.4, -0.2) is 30.9 Å². The second-order valence-electron chi connectivity index (χ2n) is 5.93. The van der Waals surface area contributed by atoms with Crippen LogP contribution in [0.4, 0.5) is 0 Å². The highest BCUT2D eigenvalue weighted by atomic mass is 16.2. The molecule has 2 rings (SSSR count). The number of nitrogens with two attached hydrogens (primary N) is 1. The molecular weight excluding hydrogens is 260 g/mol. The van der Waals surface area contributed by atoms with Crippen molar-refractivity contribution >= 4 is 5.91 Å². The standard InChI is InChI=1S/C18H24N2O/c1-14-10-16(8-5-9-19)12-17(11-14)18(21)20(2)13-15-6-3-4-7-15/h10-12,15H,3-4,6-7,9,13,19H2,1-2H3. The van der Waals surface area contributed by atoms with Crippen LogP contribution in [0.1, 0.15) is 47.2 Å². The van der Waals surface area contributed by atoms with Gasteiger partial charge in [-0.2, -0.15) is 0 Å². The molecule has 0 aromatic heterocycles. The number of benzene rings is 1. The molecule has 1 aliphatic carbocycles. The predicted molar refractivity (Wildman–Crippen MR) is 86.0 cm³/mol. The second-order valence-corrected chi connectivity index (χ2v) is 5.93. The van der Waals surface area contributed by atoms with Gasteiger partial charge < -0.3 is 10.6 Å². The van der Waals surface area contributed by atoms with Gasteiger partial charge in [0.05, 0.1) is 6.54 Å². The number of carbonyl (C=O) groups is 1. The van der Waals surface area contributed by atoms with Crippen molar-refractivity contribution in [2.75, 3.05) is 20.1 Å². The Hall–Kier alpha value is -1.79. The van der Waals surface area contributed by atoms with Crippen molar-refractivity contribution in [3.8, 4) is 11.8 Å². The Kier molecular flexibility index (Phi) is 5.41. The van der Waals surface area contributed by atoms with Gasteiger partial charge in [-0.25, -0.2) is 0 Å². The number of hydrogen-bond acceptors (Lipinski definition) is 2. The third-order valence-electron chi connectivity index (χ3n) is 4.01. The van der Waals surface area contributed by atoms with Gasteiger partial charge in [-0.1, -0.05) is 24.7 Å². The van der Waals surface area contributed by atoms with E-state index in [2.05, 4.69) is 11.8 Å². The van der Waals surface area contributed by atoms with E-state index in [1.54, 1.807) is 0 Å². The lowest BCUT2D eigenvalue weighted by Gasteiger charge is -2.21. The van der Waals surface area contributed by atoms with Crippen LogP contribution in [0.3, 0.4) is 0 Å². The average Bonchev–Trinajstić information content (AvgIpc) is 2.96. The molecule has 0 aliphatic heterocycles. The summed E-state index contributed by atoms with van der Waals surface area (Å²) in [5.41, 5.74) is 8.03. The van der Waals surface area contributed by atoms with Crippen LogP contribution in [0.25, 0.3) is 0 Å². The summed E-state index contributed by atoms with van der Waals surface area (Å²) in [6.07, 6.45) is 5.10. The summed E-state index contributed by atoms with van der Waals surface area (Å²) < 4.78 is 0. The highest BCUT2D eigenvalue weighted by Gasteiger charge is 2.20. The van der Waals surface area contributed by atoms with Gasteiger partial charge in [0.2, 0.25) is 0 Å². The van der Waals surface area contributed by atoms with Crippen LogP contribution in [0.5, 0.6) is 0 Å². The molecule has 1 fully saturated rings. The lowest BCUT2D eigenvalue weighted by molar-refractivity contribution is 0.0773. The SMILES string of the molecule is Cc1cc(C#CCN)cc(C(=O)N(C)CC2CCCC2)c1. The predicted octanol–water partition coefficient (Wildman–Crippen LogP) is 2.57. The van der Waals surface area contributed by atoms with Crippen molar-refractivity contribution in [2.24, 2.45) is 11.7 Å². The minimum atomic E-state index is 0.0846. The molecule has 21 heavy (non-hydrogen) atoms. The number of amides is 1. The van der Waals surface area contributed by atoms with E-state index >= 15 is 0 Å². The second kappa shape index (κ2) is 7.28. The molecule has 1 aromatic carbocycles. The van der Waals surface area contributed by atoms with Gasteiger partial charge in [-0.15, -0.1) is 0 Å². The summed E-state index contributed by atoms with van der Waals surface area (Å²) in [5.74, 6) is 6.60. The summed E-state index contributed by atoms with van der Waals surface area (Å²) in [5, 5.41) is 0. The Bertz CT molecular complexity index is 562. The van der Waals surface area contributed by atoms with Crippen molar-refractivity contribution in [3.63, 3.8) is 0 Å². The first-order valence-electron chi connectivity index (χ1n) is 7.66. The van der Waals surface area contributed by atoms with Crippen LogP contribution in [0.15, 0.2) is 18.2 Å². The van der Waals surface area contributed by atoms with E-state index in [0.29, 0.717) is 12.5 Å². The fourth-order valence-electron chi connectivity index (χ4n) is 3.02. The van der Waals surface area contributed by atoms with Crippen molar-refractivity contribution in [1.82, 2.24) is 4.90 Å². The summed E-state index contributed by atoms with van der Waals surface area (Å²) >= 11 is 0. The highest BCUT2D eigenvalue weighted by molar-refractivity contribution is 5.94. The van der Waals surface area contributed by atoms with Gasteiger partial charge >= 0.3 is 0 Å². The number of aryl methyl sites for hydroxylation is 1. The van der Waals surface area contributed by atoms with E-state index in [-0.39, 0.29) is 5.91 Å². The molecule has 0 heterocycles.